The highest BCUT2D eigenvalue weighted by Crippen LogP contribution is 2.39. The maximum absolute atomic E-state index is 6.09. The van der Waals surface area contributed by atoms with Crippen molar-refractivity contribution in [1.82, 2.24) is 14.5 Å². The van der Waals surface area contributed by atoms with Crippen LogP contribution < -0.4 is 0 Å². The molecule has 0 aromatic carbocycles. The maximum atomic E-state index is 6.09. The van der Waals surface area contributed by atoms with Gasteiger partial charge in [0.05, 0.1) is 5.88 Å². The highest BCUT2D eigenvalue weighted by atomic mass is 35.5. The number of hydrogen-bond acceptors (Lipinski definition) is 2. The SMILES string of the molecule is CCC(CC1CC1)n1c(CCl)nc2ccc(C)nc21. The van der Waals surface area contributed by atoms with Gasteiger partial charge in [-0.25, -0.2) is 9.97 Å². The van der Waals surface area contributed by atoms with Gasteiger partial charge in [-0.15, -0.1) is 11.6 Å². The molecular weight excluding hydrogens is 258 g/mol. The van der Waals surface area contributed by atoms with Gasteiger partial charge in [-0.1, -0.05) is 19.8 Å². The van der Waals surface area contributed by atoms with Crippen LogP contribution in [0.25, 0.3) is 11.2 Å². The van der Waals surface area contributed by atoms with Crippen LogP contribution in [0.15, 0.2) is 12.1 Å². The summed E-state index contributed by atoms with van der Waals surface area (Å²) in [6.07, 6.45) is 5.11. The van der Waals surface area contributed by atoms with E-state index in [1.54, 1.807) is 0 Å². The Morgan fingerprint density at radius 3 is 2.79 bits per heavy atom. The number of imidazole rings is 1. The van der Waals surface area contributed by atoms with Crippen LogP contribution in [0.5, 0.6) is 0 Å². The van der Waals surface area contributed by atoms with Gasteiger partial charge < -0.3 is 4.57 Å². The van der Waals surface area contributed by atoms with Crippen molar-refractivity contribution in [2.45, 2.75) is 51.5 Å². The summed E-state index contributed by atoms with van der Waals surface area (Å²) in [5, 5.41) is 0. The number of halogens is 1. The molecule has 1 atom stereocenters. The third-order valence-electron chi connectivity index (χ3n) is 4.01. The average Bonchev–Trinajstić information content (AvgIpc) is 3.16. The third-order valence-corrected chi connectivity index (χ3v) is 4.25. The number of pyridine rings is 1. The molecule has 2 aromatic heterocycles. The van der Waals surface area contributed by atoms with Gasteiger partial charge in [-0.05, 0) is 37.8 Å². The Bertz CT molecular complexity index is 586. The van der Waals surface area contributed by atoms with Crippen LogP contribution >= 0.6 is 11.6 Å². The van der Waals surface area contributed by atoms with Gasteiger partial charge in [0.25, 0.3) is 0 Å². The molecular formula is C15H20ClN3. The van der Waals surface area contributed by atoms with Gasteiger partial charge >= 0.3 is 0 Å². The molecule has 0 N–H and O–H groups in total. The first-order valence-corrected chi connectivity index (χ1v) is 7.66. The van der Waals surface area contributed by atoms with E-state index in [1.165, 1.54) is 19.3 Å². The molecule has 3 rings (SSSR count). The molecule has 102 valence electrons. The van der Waals surface area contributed by atoms with Crippen LogP contribution in [0, 0.1) is 12.8 Å². The summed E-state index contributed by atoms with van der Waals surface area (Å²) in [4.78, 5) is 9.32. The molecule has 2 heterocycles. The van der Waals surface area contributed by atoms with E-state index >= 15 is 0 Å². The van der Waals surface area contributed by atoms with E-state index in [0.29, 0.717) is 11.9 Å². The number of aromatic nitrogens is 3. The lowest BCUT2D eigenvalue weighted by atomic mass is 10.1. The smallest absolute Gasteiger partial charge is 0.160 e. The fourth-order valence-electron chi connectivity index (χ4n) is 2.79. The quantitative estimate of drug-likeness (QED) is 0.766. The van der Waals surface area contributed by atoms with Gasteiger partial charge in [0, 0.05) is 11.7 Å². The minimum absolute atomic E-state index is 0.455. The zero-order chi connectivity index (χ0) is 13.4. The van der Waals surface area contributed by atoms with E-state index in [9.17, 15) is 0 Å². The molecule has 1 fully saturated rings. The molecule has 1 aliphatic rings. The van der Waals surface area contributed by atoms with Gasteiger partial charge in [0.1, 0.15) is 11.3 Å². The van der Waals surface area contributed by atoms with E-state index in [0.717, 1.165) is 35.0 Å². The number of alkyl halides is 1. The number of hydrogen-bond donors (Lipinski definition) is 0. The highest BCUT2D eigenvalue weighted by Gasteiger charge is 2.27. The summed E-state index contributed by atoms with van der Waals surface area (Å²) in [6.45, 7) is 4.27. The van der Waals surface area contributed by atoms with Crippen LogP contribution in [0.4, 0.5) is 0 Å². The van der Waals surface area contributed by atoms with E-state index in [-0.39, 0.29) is 0 Å². The molecule has 1 aliphatic carbocycles. The van der Waals surface area contributed by atoms with Crippen molar-refractivity contribution in [1.29, 1.82) is 0 Å². The first-order valence-electron chi connectivity index (χ1n) is 7.13. The number of nitrogens with zero attached hydrogens (tertiary/aromatic N) is 3. The second-order valence-corrected chi connectivity index (χ2v) is 5.84. The van der Waals surface area contributed by atoms with Crippen molar-refractivity contribution >= 4 is 22.8 Å². The lowest BCUT2D eigenvalue weighted by molar-refractivity contribution is 0.427. The molecule has 2 aromatic rings. The van der Waals surface area contributed by atoms with Gasteiger partial charge in [-0.3, -0.25) is 0 Å². The van der Waals surface area contributed by atoms with Crippen molar-refractivity contribution in [3.8, 4) is 0 Å². The Hall–Kier alpha value is -1.09. The molecule has 0 radical (unpaired) electrons. The van der Waals surface area contributed by atoms with Gasteiger partial charge in [0.15, 0.2) is 5.65 Å². The molecule has 0 spiro atoms. The number of aryl methyl sites for hydroxylation is 1. The topological polar surface area (TPSA) is 30.7 Å². The normalized spacial score (nSPS) is 17.0. The van der Waals surface area contributed by atoms with E-state index in [1.807, 2.05) is 19.1 Å². The number of rotatable bonds is 5. The first kappa shape index (κ1) is 12.9. The predicted octanol–water partition coefficient (Wildman–Crippen LogP) is 4.23. The molecule has 0 amide bonds. The summed E-state index contributed by atoms with van der Waals surface area (Å²) in [5.41, 5.74) is 3.01. The van der Waals surface area contributed by atoms with Crippen molar-refractivity contribution < 1.29 is 0 Å². The molecule has 1 unspecified atom stereocenters. The molecule has 19 heavy (non-hydrogen) atoms. The maximum Gasteiger partial charge on any atom is 0.160 e. The van der Waals surface area contributed by atoms with Crippen molar-refractivity contribution in [3.63, 3.8) is 0 Å². The monoisotopic (exact) mass is 277 g/mol. The largest absolute Gasteiger partial charge is 0.309 e. The van der Waals surface area contributed by atoms with Crippen LogP contribution in [-0.2, 0) is 5.88 Å². The summed E-state index contributed by atoms with van der Waals surface area (Å²) >= 11 is 6.09. The average molecular weight is 278 g/mol. The molecule has 0 bridgehead atoms. The minimum atomic E-state index is 0.455. The molecule has 0 saturated heterocycles. The zero-order valence-corrected chi connectivity index (χ0v) is 12.3. The van der Waals surface area contributed by atoms with E-state index < -0.39 is 0 Å². The highest BCUT2D eigenvalue weighted by molar-refractivity contribution is 6.16. The van der Waals surface area contributed by atoms with Crippen molar-refractivity contribution in [2.24, 2.45) is 5.92 Å². The van der Waals surface area contributed by atoms with E-state index in [4.69, 9.17) is 11.6 Å². The van der Waals surface area contributed by atoms with Crippen LogP contribution in [0.2, 0.25) is 0 Å². The molecule has 4 heteroatoms. The summed E-state index contributed by atoms with van der Waals surface area (Å²) in [7, 11) is 0. The Kier molecular flexibility index (Phi) is 3.48. The first-order chi connectivity index (χ1) is 9.22. The third kappa shape index (κ3) is 2.48. The Morgan fingerprint density at radius 2 is 2.16 bits per heavy atom. The summed E-state index contributed by atoms with van der Waals surface area (Å²) in [6, 6.07) is 4.55. The predicted molar refractivity (Wildman–Crippen MR) is 78.5 cm³/mol. The van der Waals surface area contributed by atoms with Gasteiger partial charge in [0.2, 0.25) is 0 Å². The van der Waals surface area contributed by atoms with Crippen LogP contribution in [0.1, 0.15) is 50.2 Å². The number of fused-ring (bicyclic) bond motifs is 1. The lowest BCUT2D eigenvalue weighted by Crippen LogP contribution is -2.12. The lowest BCUT2D eigenvalue weighted by Gasteiger charge is -2.19. The fourth-order valence-corrected chi connectivity index (χ4v) is 2.97. The molecule has 3 nitrogen and oxygen atoms in total. The Labute approximate surface area is 119 Å². The standard InChI is InChI=1S/C15H20ClN3/c1-3-12(8-11-5-6-11)19-14(9-16)18-13-7-4-10(2)17-15(13)19/h4,7,11-12H,3,5-6,8-9H2,1-2H3. The minimum Gasteiger partial charge on any atom is -0.309 e. The van der Waals surface area contributed by atoms with Crippen LogP contribution in [0.3, 0.4) is 0 Å². The Balaban J connectivity index is 2.09. The van der Waals surface area contributed by atoms with E-state index in [2.05, 4.69) is 21.5 Å². The van der Waals surface area contributed by atoms with Crippen LogP contribution in [-0.4, -0.2) is 14.5 Å². The van der Waals surface area contributed by atoms with Crippen molar-refractivity contribution in [2.75, 3.05) is 0 Å². The molecule has 0 aliphatic heterocycles. The van der Waals surface area contributed by atoms with Crippen molar-refractivity contribution in [3.05, 3.63) is 23.7 Å². The second kappa shape index (κ2) is 5.12. The zero-order valence-electron chi connectivity index (χ0n) is 11.6. The fraction of sp³-hybridized carbons (Fsp3) is 0.600. The summed E-state index contributed by atoms with van der Waals surface area (Å²) in [5.74, 6) is 2.31. The van der Waals surface area contributed by atoms with Gasteiger partial charge in [-0.2, -0.15) is 0 Å². The second-order valence-electron chi connectivity index (χ2n) is 5.57. The Morgan fingerprint density at radius 1 is 1.37 bits per heavy atom. The molecule has 1 saturated carbocycles. The summed E-state index contributed by atoms with van der Waals surface area (Å²) < 4.78 is 2.29.